The van der Waals surface area contributed by atoms with E-state index in [9.17, 15) is 13.6 Å². The Hall–Kier alpha value is -2.63. The Morgan fingerprint density at radius 1 is 1.27 bits per heavy atom. The number of alkyl halides is 2. The molecule has 1 aromatic carbocycles. The zero-order valence-corrected chi connectivity index (χ0v) is 17.9. The number of halogens is 3. The summed E-state index contributed by atoms with van der Waals surface area (Å²) in [5.74, 6) is -2.82. The van der Waals surface area contributed by atoms with Crippen molar-refractivity contribution in [3.63, 3.8) is 0 Å². The minimum absolute atomic E-state index is 0.0279. The summed E-state index contributed by atoms with van der Waals surface area (Å²) in [7, 11) is 0. The van der Waals surface area contributed by atoms with E-state index in [-0.39, 0.29) is 19.1 Å². The third-order valence-electron chi connectivity index (χ3n) is 4.65. The van der Waals surface area contributed by atoms with Crippen molar-refractivity contribution in [2.75, 3.05) is 18.4 Å². The monoisotopic (exact) mass is 525 g/mol. The van der Waals surface area contributed by atoms with Crippen LogP contribution < -0.4 is 5.32 Å². The molecule has 3 aromatic rings. The summed E-state index contributed by atoms with van der Waals surface area (Å²) in [6.07, 6.45) is 3.70. The van der Waals surface area contributed by atoms with E-state index in [0.717, 1.165) is 19.4 Å². The molecule has 10 heteroatoms. The van der Waals surface area contributed by atoms with E-state index in [1.807, 2.05) is 18.2 Å². The second kappa shape index (κ2) is 8.62. The van der Waals surface area contributed by atoms with E-state index in [1.165, 1.54) is 0 Å². The summed E-state index contributed by atoms with van der Waals surface area (Å²) in [6.45, 7) is -0.584. The van der Waals surface area contributed by atoms with Gasteiger partial charge in [0.2, 0.25) is 5.95 Å². The number of nitrogens with one attached hydrogen (secondary N) is 1. The Morgan fingerprint density at radius 2 is 2.07 bits per heavy atom. The largest absolute Gasteiger partial charge is 0.445 e. The lowest BCUT2D eigenvalue weighted by Crippen LogP contribution is -2.54. The number of likely N-dealkylation sites (tertiary alicyclic amines) is 1. The normalized spacial score (nSPS) is 18.2. The van der Waals surface area contributed by atoms with Gasteiger partial charge in [-0.25, -0.2) is 23.5 Å². The Kier molecular flexibility index (Phi) is 5.93. The highest BCUT2D eigenvalue weighted by atomic mass is 127. The van der Waals surface area contributed by atoms with Crippen LogP contribution in [0.25, 0.3) is 10.9 Å². The Labute approximate surface area is 185 Å². The molecule has 0 spiro atoms. The Bertz CT molecular complexity index is 1050. The number of rotatable bonds is 4. The van der Waals surface area contributed by atoms with E-state index in [1.54, 1.807) is 30.7 Å². The first-order chi connectivity index (χ1) is 14.4. The van der Waals surface area contributed by atoms with Crippen molar-refractivity contribution in [2.24, 2.45) is 0 Å². The molecule has 0 bridgehead atoms. The number of hydrogen-bond acceptors (Lipinski definition) is 6. The predicted molar refractivity (Wildman–Crippen MR) is 115 cm³/mol. The highest BCUT2D eigenvalue weighted by molar-refractivity contribution is 14.1. The van der Waals surface area contributed by atoms with Crippen LogP contribution >= 0.6 is 22.6 Å². The maximum Gasteiger partial charge on any atom is 0.410 e. The molecule has 1 saturated heterocycles. The fourth-order valence-corrected chi connectivity index (χ4v) is 3.91. The van der Waals surface area contributed by atoms with Gasteiger partial charge in [-0.1, -0.05) is 30.3 Å². The second-order valence-corrected chi connectivity index (χ2v) is 8.24. The first-order valence-electron chi connectivity index (χ1n) is 9.26. The van der Waals surface area contributed by atoms with Gasteiger partial charge in [-0.3, -0.25) is 4.98 Å². The molecule has 1 amide bonds. The highest BCUT2D eigenvalue weighted by Crippen LogP contribution is 2.29. The molecule has 3 heterocycles. The molecular weight excluding hydrogens is 507 g/mol. The van der Waals surface area contributed by atoms with Gasteiger partial charge in [-0.05, 0) is 28.2 Å². The standard InChI is InChI=1S/C20H18F2IN5O2/c21-20(22)6-15(26-18-25-8-14-7-24-9-16(23)17(14)27-18)10-28(12-20)19(29)30-11-13-4-2-1-3-5-13/h1-5,7-9,15H,6,10-12H2,(H,25,26,27). The molecule has 156 valence electrons. The topological polar surface area (TPSA) is 80.2 Å². The van der Waals surface area contributed by atoms with Gasteiger partial charge >= 0.3 is 6.09 Å². The number of amides is 1. The van der Waals surface area contributed by atoms with Gasteiger partial charge in [0, 0.05) is 36.9 Å². The molecule has 1 atom stereocenters. The predicted octanol–water partition coefficient (Wildman–Crippen LogP) is 4.09. The number of hydrogen-bond donors (Lipinski definition) is 1. The highest BCUT2D eigenvalue weighted by Gasteiger charge is 2.43. The molecule has 7 nitrogen and oxygen atoms in total. The number of fused-ring (bicyclic) bond motifs is 1. The van der Waals surface area contributed by atoms with Gasteiger partial charge in [0.1, 0.15) is 6.61 Å². The van der Waals surface area contributed by atoms with Crippen molar-refractivity contribution in [1.82, 2.24) is 19.9 Å². The van der Waals surface area contributed by atoms with E-state index in [2.05, 4.69) is 42.9 Å². The summed E-state index contributed by atoms with van der Waals surface area (Å²) < 4.78 is 34.7. The molecule has 0 aliphatic carbocycles. The first kappa shape index (κ1) is 20.6. The van der Waals surface area contributed by atoms with Gasteiger partial charge in [0.15, 0.2) is 0 Å². The molecule has 0 radical (unpaired) electrons. The fourth-order valence-electron chi connectivity index (χ4n) is 3.32. The van der Waals surface area contributed by atoms with Crippen molar-refractivity contribution in [2.45, 2.75) is 25.0 Å². The number of benzene rings is 1. The summed E-state index contributed by atoms with van der Waals surface area (Å²) in [5.41, 5.74) is 1.47. The van der Waals surface area contributed by atoms with Crippen LogP contribution in [0.3, 0.4) is 0 Å². The zero-order valence-electron chi connectivity index (χ0n) is 15.8. The number of pyridine rings is 1. The lowest BCUT2D eigenvalue weighted by atomic mass is 10.0. The minimum Gasteiger partial charge on any atom is -0.445 e. The number of aromatic nitrogens is 3. The van der Waals surface area contributed by atoms with Gasteiger partial charge < -0.3 is 15.0 Å². The fraction of sp³-hybridized carbons (Fsp3) is 0.300. The molecule has 1 aliphatic rings. The lowest BCUT2D eigenvalue weighted by Gasteiger charge is -2.37. The number of carbonyl (C=O) groups is 1. The minimum atomic E-state index is -3.04. The van der Waals surface area contributed by atoms with Gasteiger partial charge in [-0.15, -0.1) is 0 Å². The summed E-state index contributed by atoms with van der Waals surface area (Å²) in [5, 5.41) is 3.70. The third kappa shape index (κ3) is 4.91. The number of ether oxygens (including phenoxy) is 1. The molecule has 30 heavy (non-hydrogen) atoms. The number of carbonyl (C=O) groups excluding carboxylic acids is 1. The van der Waals surface area contributed by atoms with Gasteiger partial charge in [-0.2, -0.15) is 0 Å². The zero-order chi connectivity index (χ0) is 21.1. The van der Waals surface area contributed by atoms with Crippen molar-refractivity contribution < 1.29 is 18.3 Å². The molecule has 0 saturated carbocycles. The second-order valence-electron chi connectivity index (χ2n) is 7.07. The van der Waals surface area contributed by atoms with Crippen LogP contribution in [-0.2, 0) is 11.3 Å². The van der Waals surface area contributed by atoms with Crippen molar-refractivity contribution >= 4 is 45.5 Å². The Balaban J connectivity index is 1.44. The van der Waals surface area contributed by atoms with Crippen LogP contribution in [0.4, 0.5) is 19.5 Å². The average molecular weight is 525 g/mol. The molecule has 1 unspecified atom stereocenters. The van der Waals surface area contributed by atoms with E-state index >= 15 is 0 Å². The van der Waals surface area contributed by atoms with E-state index < -0.39 is 31.0 Å². The smallest absolute Gasteiger partial charge is 0.410 e. The molecule has 2 aromatic heterocycles. The van der Waals surface area contributed by atoms with Gasteiger partial charge in [0.05, 0.1) is 21.7 Å². The molecule has 1 aliphatic heterocycles. The Morgan fingerprint density at radius 3 is 2.87 bits per heavy atom. The van der Waals surface area contributed by atoms with Crippen LogP contribution in [0.5, 0.6) is 0 Å². The third-order valence-corrected chi connectivity index (χ3v) is 5.44. The lowest BCUT2D eigenvalue weighted by molar-refractivity contribution is -0.0650. The summed E-state index contributed by atoms with van der Waals surface area (Å²) in [4.78, 5) is 26.1. The number of piperidine rings is 1. The van der Waals surface area contributed by atoms with Crippen LogP contribution in [0.15, 0.2) is 48.9 Å². The quantitative estimate of drug-likeness (QED) is 0.518. The maximum atomic E-state index is 14.3. The number of nitrogens with zero attached hydrogens (tertiary/aromatic N) is 4. The SMILES string of the molecule is O=C(OCc1ccccc1)N1CC(Nc2ncc3cncc(I)c3n2)CC(F)(F)C1. The summed E-state index contributed by atoms with van der Waals surface area (Å²) >= 11 is 2.11. The van der Waals surface area contributed by atoms with E-state index in [4.69, 9.17) is 4.74 Å². The van der Waals surface area contributed by atoms with Crippen LogP contribution in [0.2, 0.25) is 0 Å². The molecule has 1 N–H and O–H groups in total. The van der Waals surface area contributed by atoms with Crippen LogP contribution in [-0.4, -0.2) is 51.0 Å². The van der Waals surface area contributed by atoms with E-state index in [0.29, 0.717) is 5.52 Å². The first-order valence-corrected chi connectivity index (χ1v) is 10.3. The van der Waals surface area contributed by atoms with Crippen molar-refractivity contribution in [3.8, 4) is 0 Å². The molecular formula is C20H18F2IN5O2. The van der Waals surface area contributed by atoms with Gasteiger partial charge in [0.25, 0.3) is 5.92 Å². The van der Waals surface area contributed by atoms with Crippen molar-refractivity contribution in [1.29, 1.82) is 0 Å². The van der Waals surface area contributed by atoms with Crippen molar-refractivity contribution in [3.05, 3.63) is 58.1 Å². The molecule has 1 fully saturated rings. The molecule has 4 rings (SSSR count). The average Bonchev–Trinajstić information content (AvgIpc) is 2.72. The van der Waals surface area contributed by atoms with Crippen LogP contribution in [0, 0.1) is 3.57 Å². The number of anilines is 1. The maximum absolute atomic E-state index is 14.3. The van der Waals surface area contributed by atoms with Crippen LogP contribution in [0.1, 0.15) is 12.0 Å². The summed E-state index contributed by atoms with van der Waals surface area (Å²) in [6, 6.07) is 8.37.